The summed E-state index contributed by atoms with van der Waals surface area (Å²) < 4.78 is 40.7. The topological polar surface area (TPSA) is 83.1 Å². The molecule has 3 N–H and O–H groups in total. The van der Waals surface area contributed by atoms with Crippen LogP contribution in [-0.2, 0) is 4.79 Å². The highest BCUT2D eigenvalue weighted by Crippen LogP contribution is 2.47. The fourth-order valence-electron chi connectivity index (χ4n) is 3.02. The van der Waals surface area contributed by atoms with Gasteiger partial charge < -0.3 is 10.6 Å². The first kappa shape index (κ1) is 21.4. The van der Waals surface area contributed by atoms with Crippen LogP contribution in [0.15, 0.2) is 18.2 Å². The minimum absolute atomic E-state index is 0.108. The highest BCUT2D eigenvalue weighted by Gasteiger charge is 2.46. The number of fused-ring (bicyclic) bond motifs is 1. The van der Waals surface area contributed by atoms with Crippen molar-refractivity contribution in [1.82, 2.24) is 15.6 Å². The van der Waals surface area contributed by atoms with Gasteiger partial charge in [0.2, 0.25) is 5.91 Å². The number of anilines is 1. The number of carbonyl (C=O) groups is 2. The van der Waals surface area contributed by atoms with Gasteiger partial charge in [-0.1, -0.05) is 24.3 Å². The van der Waals surface area contributed by atoms with Crippen molar-refractivity contribution in [3.8, 4) is 0 Å². The summed E-state index contributed by atoms with van der Waals surface area (Å²) in [5.74, 6) is -3.34. The van der Waals surface area contributed by atoms with E-state index in [1.165, 1.54) is 31.0 Å². The number of nitrogens with zero attached hydrogens (tertiary/aromatic N) is 1. The Balaban J connectivity index is 1.71. The third-order valence-electron chi connectivity index (χ3n) is 5.02. The number of likely N-dealkylation sites (N-methyl/N-ethyl adjacent to an activating group) is 1. The Morgan fingerprint density at radius 1 is 1.28 bits per heavy atom. The quantitative estimate of drug-likeness (QED) is 0.612. The number of alkyl halides is 3. The number of benzene rings is 1. The van der Waals surface area contributed by atoms with Gasteiger partial charge in [0, 0.05) is 13.1 Å². The first-order valence-electron chi connectivity index (χ1n) is 9.41. The fourth-order valence-corrected chi connectivity index (χ4v) is 3.93. The Labute approximate surface area is 170 Å². The summed E-state index contributed by atoms with van der Waals surface area (Å²) in [7, 11) is 0. The Kier molecular flexibility index (Phi) is 6.02. The molecule has 3 amide bonds. The molecular weight excluding hydrogens is 405 g/mol. The van der Waals surface area contributed by atoms with Gasteiger partial charge in [0.1, 0.15) is 0 Å². The van der Waals surface area contributed by atoms with Crippen molar-refractivity contribution < 1.29 is 22.8 Å². The van der Waals surface area contributed by atoms with Crippen molar-refractivity contribution in [3.63, 3.8) is 0 Å². The smallest absolute Gasteiger partial charge is 0.356 e. The van der Waals surface area contributed by atoms with Gasteiger partial charge in [-0.25, -0.2) is 9.78 Å². The molecule has 1 aliphatic rings. The van der Waals surface area contributed by atoms with E-state index in [1.807, 2.05) is 0 Å². The summed E-state index contributed by atoms with van der Waals surface area (Å²) in [6, 6.07) is 3.58. The van der Waals surface area contributed by atoms with Crippen LogP contribution in [0.1, 0.15) is 44.6 Å². The zero-order valence-corrected chi connectivity index (χ0v) is 17.0. The molecule has 1 heterocycles. The van der Waals surface area contributed by atoms with E-state index in [1.54, 1.807) is 6.92 Å². The number of carbonyl (C=O) groups excluding carboxylic acids is 2. The van der Waals surface area contributed by atoms with Crippen LogP contribution in [0.2, 0.25) is 0 Å². The molecule has 0 radical (unpaired) electrons. The molecule has 6 nitrogen and oxygen atoms in total. The summed E-state index contributed by atoms with van der Waals surface area (Å²) in [5, 5.41) is 7.90. The van der Waals surface area contributed by atoms with Crippen molar-refractivity contribution in [2.75, 3.05) is 18.4 Å². The first-order valence-corrected chi connectivity index (χ1v) is 10.2. The molecule has 29 heavy (non-hydrogen) atoms. The van der Waals surface area contributed by atoms with Gasteiger partial charge in [-0.05, 0) is 49.3 Å². The van der Waals surface area contributed by atoms with Gasteiger partial charge in [0.25, 0.3) is 0 Å². The Hall–Kier alpha value is -2.36. The number of hydrogen-bond donors (Lipinski definition) is 3. The molecule has 1 aromatic heterocycles. The molecule has 1 aliphatic carbocycles. The maximum Gasteiger partial charge on any atom is 0.404 e. The van der Waals surface area contributed by atoms with Gasteiger partial charge >= 0.3 is 12.2 Å². The number of halogens is 3. The van der Waals surface area contributed by atoms with Crippen LogP contribution in [0.25, 0.3) is 10.2 Å². The molecule has 3 rings (SSSR count). The molecule has 10 heteroatoms. The van der Waals surface area contributed by atoms with Crippen molar-refractivity contribution in [2.24, 2.45) is 5.41 Å². The van der Waals surface area contributed by atoms with Crippen LogP contribution >= 0.6 is 11.3 Å². The van der Waals surface area contributed by atoms with Crippen LogP contribution in [-0.4, -0.2) is 36.2 Å². The molecular formula is C19H23F3N4O2S. The van der Waals surface area contributed by atoms with E-state index in [0.717, 1.165) is 17.8 Å². The molecule has 1 atom stereocenters. The fraction of sp³-hybridized carbons (Fsp3) is 0.526. The monoisotopic (exact) mass is 428 g/mol. The van der Waals surface area contributed by atoms with Crippen molar-refractivity contribution in [3.05, 3.63) is 23.8 Å². The number of thiazole rings is 1. The van der Waals surface area contributed by atoms with E-state index < -0.39 is 24.0 Å². The molecule has 1 aromatic carbocycles. The average molecular weight is 428 g/mol. The van der Waals surface area contributed by atoms with E-state index in [4.69, 9.17) is 0 Å². The van der Waals surface area contributed by atoms with Crippen LogP contribution in [0, 0.1) is 5.41 Å². The summed E-state index contributed by atoms with van der Waals surface area (Å²) in [6.45, 7) is 4.39. The number of nitrogens with one attached hydrogen (secondary N) is 3. The number of aromatic nitrogens is 1. The summed E-state index contributed by atoms with van der Waals surface area (Å²) in [6.07, 6.45) is -1.46. The molecule has 0 spiro atoms. The van der Waals surface area contributed by atoms with E-state index in [-0.39, 0.29) is 17.2 Å². The van der Waals surface area contributed by atoms with Crippen LogP contribution < -0.4 is 16.0 Å². The highest BCUT2D eigenvalue weighted by molar-refractivity contribution is 7.22. The molecule has 1 saturated carbocycles. The predicted molar refractivity (Wildman–Crippen MR) is 106 cm³/mol. The maximum absolute atomic E-state index is 13.4. The molecule has 0 saturated heterocycles. The van der Waals surface area contributed by atoms with E-state index >= 15 is 0 Å². The lowest BCUT2D eigenvalue weighted by Gasteiger charge is -2.19. The lowest BCUT2D eigenvalue weighted by Crippen LogP contribution is -2.37. The molecule has 2 aromatic rings. The number of rotatable bonds is 7. The van der Waals surface area contributed by atoms with Gasteiger partial charge in [0.05, 0.1) is 10.2 Å². The molecule has 1 fully saturated rings. The number of amides is 3. The van der Waals surface area contributed by atoms with Crippen LogP contribution in [0.4, 0.5) is 23.1 Å². The maximum atomic E-state index is 13.4. The van der Waals surface area contributed by atoms with Gasteiger partial charge in [0.15, 0.2) is 11.0 Å². The average Bonchev–Trinajstić information content (AvgIpc) is 3.20. The first-order chi connectivity index (χ1) is 13.6. The zero-order valence-electron chi connectivity index (χ0n) is 16.2. The van der Waals surface area contributed by atoms with Crippen molar-refractivity contribution >= 4 is 38.6 Å². The standard InChI is InChI=1S/C19H23F3N4O2S/c1-3-23-15(27)14(19(20,21)22)11-4-5-12-13(10-11)29-17(25-12)26-16(28)24-9-8-18(2)6-7-18/h4-5,10,14H,3,6-9H2,1-2H3,(H,23,27)(H2,24,25,26,28). The minimum Gasteiger partial charge on any atom is -0.356 e. The van der Waals surface area contributed by atoms with E-state index in [2.05, 4.69) is 27.9 Å². The molecule has 1 unspecified atom stereocenters. The van der Waals surface area contributed by atoms with Crippen molar-refractivity contribution in [1.29, 1.82) is 0 Å². The third kappa shape index (κ3) is 5.37. The Morgan fingerprint density at radius 2 is 2.00 bits per heavy atom. The highest BCUT2D eigenvalue weighted by atomic mass is 32.1. The lowest BCUT2D eigenvalue weighted by atomic mass is 9.97. The van der Waals surface area contributed by atoms with Crippen molar-refractivity contribution in [2.45, 2.75) is 45.2 Å². The molecule has 0 aliphatic heterocycles. The third-order valence-corrected chi connectivity index (χ3v) is 5.96. The molecule has 158 valence electrons. The summed E-state index contributed by atoms with van der Waals surface area (Å²) in [5.41, 5.74) is 0.628. The second-order valence-electron chi connectivity index (χ2n) is 7.56. The lowest BCUT2D eigenvalue weighted by molar-refractivity contribution is -0.164. The predicted octanol–water partition coefficient (Wildman–Crippen LogP) is 4.39. The van der Waals surface area contributed by atoms with Crippen LogP contribution in [0.5, 0.6) is 0 Å². The van der Waals surface area contributed by atoms with E-state index in [0.29, 0.717) is 22.2 Å². The normalized spacial score (nSPS) is 16.3. The second-order valence-corrected chi connectivity index (χ2v) is 8.59. The largest absolute Gasteiger partial charge is 0.404 e. The minimum atomic E-state index is -4.71. The summed E-state index contributed by atoms with van der Waals surface area (Å²) >= 11 is 1.06. The number of urea groups is 1. The van der Waals surface area contributed by atoms with Gasteiger partial charge in [-0.3, -0.25) is 10.1 Å². The number of hydrogen-bond acceptors (Lipinski definition) is 4. The van der Waals surface area contributed by atoms with E-state index in [9.17, 15) is 22.8 Å². The SMILES string of the molecule is CCNC(=O)C(c1ccc2nc(NC(=O)NCCC3(C)CC3)sc2c1)C(F)(F)F. The van der Waals surface area contributed by atoms with Crippen LogP contribution in [0.3, 0.4) is 0 Å². The zero-order chi connectivity index (χ0) is 21.2. The summed E-state index contributed by atoms with van der Waals surface area (Å²) in [4.78, 5) is 28.2. The Bertz CT molecular complexity index is 908. The van der Waals surface area contributed by atoms with Gasteiger partial charge in [-0.15, -0.1) is 0 Å². The second kappa shape index (κ2) is 8.17. The molecule has 0 bridgehead atoms. The van der Waals surface area contributed by atoms with Gasteiger partial charge in [-0.2, -0.15) is 13.2 Å². The Morgan fingerprint density at radius 3 is 2.62 bits per heavy atom.